The number of likely N-dealkylation sites (tertiary alicyclic amines) is 1. The third-order valence-corrected chi connectivity index (χ3v) is 4.39. The number of hydrogen-bond donors (Lipinski definition) is 2. The van der Waals surface area contributed by atoms with Crippen LogP contribution in [0.1, 0.15) is 25.7 Å². The van der Waals surface area contributed by atoms with Crippen molar-refractivity contribution < 1.29 is 0 Å². The second-order valence-electron chi connectivity index (χ2n) is 5.57. The predicted octanol–water partition coefficient (Wildman–Crippen LogP) is 0.916. The van der Waals surface area contributed by atoms with E-state index in [4.69, 9.17) is 0 Å². The molecule has 2 rings (SSSR count). The monoisotopic (exact) mass is 225 g/mol. The third-order valence-electron chi connectivity index (χ3n) is 4.39. The first-order valence-electron chi connectivity index (χ1n) is 6.88. The summed E-state index contributed by atoms with van der Waals surface area (Å²) >= 11 is 0. The van der Waals surface area contributed by atoms with Gasteiger partial charge >= 0.3 is 0 Å². The van der Waals surface area contributed by atoms with E-state index in [-0.39, 0.29) is 0 Å². The van der Waals surface area contributed by atoms with Crippen LogP contribution in [0.25, 0.3) is 0 Å². The maximum atomic E-state index is 3.61. The number of nitrogens with zero attached hydrogens (tertiary/aromatic N) is 1. The Labute approximate surface area is 100.0 Å². The van der Waals surface area contributed by atoms with E-state index in [1.54, 1.807) is 0 Å². The number of rotatable bonds is 3. The van der Waals surface area contributed by atoms with Crippen LogP contribution in [-0.2, 0) is 0 Å². The van der Waals surface area contributed by atoms with Gasteiger partial charge in [-0.3, -0.25) is 0 Å². The van der Waals surface area contributed by atoms with E-state index in [0.717, 1.165) is 17.9 Å². The molecule has 2 atom stereocenters. The normalized spacial score (nSPS) is 31.5. The molecule has 2 aliphatic heterocycles. The number of nitrogens with one attached hydrogen (secondary N) is 2. The summed E-state index contributed by atoms with van der Waals surface area (Å²) in [5, 5.41) is 7.07. The molecule has 2 aliphatic rings. The molecule has 2 saturated heterocycles. The maximum Gasteiger partial charge on any atom is 0.0134 e. The molecule has 0 aliphatic carbocycles. The van der Waals surface area contributed by atoms with Crippen LogP contribution in [0.5, 0.6) is 0 Å². The fourth-order valence-corrected chi connectivity index (χ4v) is 3.56. The SMILES string of the molecule is CNC(C1CCNCC1)C1CCCN(C)C1. The first kappa shape index (κ1) is 12.3. The highest BCUT2D eigenvalue weighted by atomic mass is 15.1. The lowest BCUT2D eigenvalue weighted by Crippen LogP contribution is -2.49. The van der Waals surface area contributed by atoms with Gasteiger partial charge in [0.15, 0.2) is 0 Å². The lowest BCUT2D eigenvalue weighted by molar-refractivity contribution is 0.134. The Kier molecular flexibility index (Phi) is 4.62. The summed E-state index contributed by atoms with van der Waals surface area (Å²) in [6.07, 6.45) is 5.50. The largest absolute Gasteiger partial charge is 0.317 e. The van der Waals surface area contributed by atoms with E-state index < -0.39 is 0 Å². The molecule has 0 radical (unpaired) electrons. The fourth-order valence-electron chi connectivity index (χ4n) is 3.56. The number of hydrogen-bond acceptors (Lipinski definition) is 3. The Balaban J connectivity index is 1.91. The molecule has 0 amide bonds. The van der Waals surface area contributed by atoms with Crippen molar-refractivity contribution in [2.45, 2.75) is 31.7 Å². The van der Waals surface area contributed by atoms with Gasteiger partial charge in [-0.2, -0.15) is 0 Å². The molecule has 0 aromatic carbocycles. The predicted molar refractivity (Wildman–Crippen MR) is 68.7 cm³/mol. The molecule has 3 heteroatoms. The van der Waals surface area contributed by atoms with Crippen molar-refractivity contribution in [2.75, 3.05) is 40.3 Å². The summed E-state index contributed by atoms with van der Waals surface area (Å²) in [7, 11) is 4.42. The van der Waals surface area contributed by atoms with E-state index in [0.29, 0.717) is 0 Å². The molecule has 0 bridgehead atoms. The van der Waals surface area contributed by atoms with Crippen molar-refractivity contribution >= 4 is 0 Å². The molecule has 3 nitrogen and oxygen atoms in total. The molecule has 0 aromatic heterocycles. The average Bonchev–Trinajstić information content (AvgIpc) is 2.31. The van der Waals surface area contributed by atoms with E-state index in [1.807, 2.05) is 0 Å². The van der Waals surface area contributed by atoms with Crippen LogP contribution in [0.2, 0.25) is 0 Å². The van der Waals surface area contributed by atoms with Gasteiger partial charge in [0.05, 0.1) is 0 Å². The summed E-state index contributed by atoms with van der Waals surface area (Å²) in [4.78, 5) is 2.50. The van der Waals surface area contributed by atoms with Crippen molar-refractivity contribution in [2.24, 2.45) is 11.8 Å². The Morgan fingerprint density at radius 3 is 2.56 bits per heavy atom. The van der Waals surface area contributed by atoms with Gasteiger partial charge in [0.2, 0.25) is 0 Å². The first-order valence-corrected chi connectivity index (χ1v) is 6.88. The summed E-state index contributed by atoms with van der Waals surface area (Å²) in [5.74, 6) is 1.76. The Morgan fingerprint density at radius 2 is 1.94 bits per heavy atom. The zero-order chi connectivity index (χ0) is 11.4. The molecule has 94 valence electrons. The highest BCUT2D eigenvalue weighted by Gasteiger charge is 2.31. The van der Waals surface area contributed by atoms with Gasteiger partial charge in [0.25, 0.3) is 0 Å². The van der Waals surface area contributed by atoms with Crippen molar-refractivity contribution in [3.63, 3.8) is 0 Å². The van der Waals surface area contributed by atoms with E-state index >= 15 is 0 Å². The van der Waals surface area contributed by atoms with Crippen LogP contribution in [-0.4, -0.2) is 51.2 Å². The smallest absolute Gasteiger partial charge is 0.0134 e. The quantitative estimate of drug-likeness (QED) is 0.748. The summed E-state index contributed by atoms with van der Waals surface area (Å²) in [6, 6.07) is 0.741. The van der Waals surface area contributed by atoms with Crippen molar-refractivity contribution in [3.8, 4) is 0 Å². The Bertz CT molecular complexity index is 201. The number of piperidine rings is 2. The Morgan fingerprint density at radius 1 is 1.19 bits per heavy atom. The van der Waals surface area contributed by atoms with Crippen LogP contribution < -0.4 is 10.6 Å². The Hall–Kier alpha value is -0.120. The van der Waals surface area contributed by atoms with Crippen molar-refractivity contribution in [1.29, 1.82) is 0 Å². The summed E-state index contributed by atoms with van der Waals surface area (Å²) in [6.45, 7) is 5.01. The first-order chi connectivity index (χ1) is 7.81. The summed E-state index contributed by atoms with van der Waals surface area (Å²) in [5.41, 5.74) is 0. The van der Waals surface area contributed by atoms with E-state index in [9.17, 15) is 0 Å². The minimum Gasteiger partial charge on any atom is -0.317 e. The zero-order valence-corrected chi connectivity index (χ0v) is 10.8. The highest BCUT2D eigenvalue weighted by Crippen LogP contribution is 2.27. The van der Waals surface area contributed by atoms with Crippen LogP contribution in [0, 0.1) is 11.8 Å². The van der Waals surface area contributed by atoms with E-state index in [2.05, 4.69) is 29.6 Å². The van der Waals surface area contributed by atoms with Gasteiger partial charge in [-0.1, -0.05) is 0 Å². The second kappa shape index (κ2) is 5.99. The van der Waals surface area contributed by atoms with Gasteiger partial charge in [0.1, 0.15) is 0 Å². The van der Waals surface area contributed by atoms with Crippen molar-refractivity contribution in [1.82, 2.24) is 15.5 Å². The molecule has 2 unspecified atom stereocenters. The lowest BCUT2D eigenvalue weighted by Gasteiger charge is -2.40. The maximum absolute atomic E-state index is 3.61. The minimum atomic E-state index is 0.741. The molecule has 2 N–H and O–H groups in total. The standard InChI is InChI=1S/C13H27N3/c1-14-13(11-5-7-15-8-6-11)12-4-3-9-16(2)10-12/h11-15H,3-10H2,1-2H3. The lowest BCUT2D eigenvalue weighted by atomic mass is 9.79. The molecule has 2 fully saturated rings. The van der Waals surface area contributed by atoms with Gasteiger partial charge in [-0.05, 0) is 71.2 Å². The fraction of sp³-hybridized carbons (Fsp3) is 1.00. The highest BCUT2D eigenvalue weighted by molar-refractivity contribution is 4.88. The van der Waals surface area contributed by atoms with Gasteiger partial charge in [-0.15, -0.1) is 0 Å². The molecule has 0 spiro atoms. The van der Waals surface area contributed by atoms with Crippen LogP contribution in [0.15, 0.2) is 0 Å². The topological polar surface area (TPSA) is 27.3 Å². The molecular weight excluding hydrogens is 198 g/mol. The van der Waals surface area contributed by atoms with Gasteiger partial charge < -0.3 is 15.5 Å². The third kappa shape index (κ3) is 2.96. The van der Waals surface area contributed by atoms with Crippen LogP contribution in [0.4, 0.5) is 0 Å². The molecular formula is C13H27N3. The molecule has 2 heterocycles. The van der Waals surface area contributed by atoms with Crippen LogP contribution >= 0.6 is 0 Å². The summed E-state index contributed by atoms with van der Waals surface area (Å²) < 4.78 is 0. The molecule has 0 aromatic rings. The average molecular weight is 225 g/mol. The van der Waals surface area contributed by atoms with Crippen molar-refractivity contribution in [3.05, 3.63) is 0 Å². The van der Waals surface area contributed by atoms with Gasteiger partial charge in [-0.25, -0.2) is 0 Å². The zero-order valence-electron chi connectivity index (χ0n) is 10.8. The van der Waals surface area contributed by atoms with E-state index in [1.165, 1.54) is 51.9 Å². The minimum absolute atomic E-state index is 0.741. The van der Waals surface area contributed by atoms with Gasteiger partial charge in [0, 0.05) is 12.6 Å². The van der Waals surface area contributed by atoms with Crippen LogP contribution in [0.3, 0.4) is 0 Å². The molecule has 16 heavy (non-hydrogen) atoms. The molecule has 0 saturated carbocycles. The second-order valence-corrected chi connectivity index (χ2v) is 5.57.